The van der Waals surface area contributed by atoms with Crippen molar-refractivity contribution in [2.24, 2.45) is 5.73 Å². The molecule has 0 bridgehead atoms. The van der Waals surface area contributed by atoms with Crippen molar-refractivity contribution in [3.05, 3.63) is 21.3 Å². The summed E-state index contributed by atoms with van der Waals surface area (Å²) in [5, 5.41) is 0. The van der Waals surface area contributed by atoms with Crippen LogP contribution >= 0.6 is 22.9 Å². The summed E-state index contributed by atoms with van der Waals surface area (Å²) in [6, 6.07) is 5.21. The number of hydrogen-bond acceptors (Lipinski definition) is 3. The van der Waals surface area contributed by atoms with Gasteiger partial charge in [0.25, 0.3) is 0 Å². The maximum atomic E-state index is 6.21. The maximum absolute atomic E-state index is 6.21. The molecule has 2 N–H and O–H groups in total. The molecule has 2 rings (SSSR count). The van der Waals surface area contributed by atoms with Gasteiger partial charge >= 0.3 is 0 Å². The quantitative estimate of drug-likeness (QED) is 0.905. The Morgan fingerprint density at radius 1 is 1.33 bits per heavy atom. The number of halogens is 1. The Morgan fingerprint density at radius 2 is 2.00 bits per heavy atom. The zero-order valence-corrected chi connectivity index (χ0v) is 12.8. The predicted molar refractivity (Wildman–Crippen MR) is 80.4 cm³/mol. The summed E-state index contributed by atoms with van der Waals surface area (Å²) in [6.07, 6.45) is 6.70. The molecule has 0 aromatic carbocycles. The van der Waals surface area contributed by atoms with Crippen LogP contribution in [0.3, 0.4) is 0 Å². The van der Waals surface area contributed by atoms with Crippen LogP contribution in [0.5, 0.6) is 0 Å². The van der Waals surface area contributed by atoms with Crippen LogP contribution in [0.4, 0.5) is 0 Å². The van der Waals surface area contributed by atoms with Crippen LogP contribution in [0, 0.1) is 0 Å². The minimum atomic E-state index is 0.131. The summed E-state index contributed by atoms with van der Waals surface area (Å²) in [7, 11) is 2.22. The third kappa shape index (κ3) is 3.27. The molecular weight excluding hydrogens is 264 g/mol. The van der Waals surface area contributed by atoms with Crippen LogP contribution in [0.2, 0.25) is 4.34 Å². The average molecular weight is 287 g/mol. The van der Waals surface area contributed by atoms with Gasteiger partial charge in [-0.3, -0.25) is 4.90 Å². The highest BCUT2D eigenvalue weighted by molar-refractivity contribution is 7.16. The van der Waals surface area contributed by atoms with Crippen LogP contribution < -0.4 is 5.73 Å². The Bertz CT molecular complexity index is 372. The molecule has 1 aromatic rings. The summed E-state index contributed by atoms with van der Waals surface area (Å²) in [5.41, 5.74) is 6.21. The largest absolute Gasteiger partial charge is 0.326 e. The third-order valence-electron chi connectivity index (χ3n) is 3.97. The molecule has 102 valence electrons. The molecule has 1 aliphatic rings. The molecule has 0 aliphatic heterocycles. The van der Waals surface area contributed by atoms with Crippen molar-refractivity contribution >= 4 is 22.9 Å². The Balaban J connectivity index is 2.13. The fourth-order valence-electron chi connectivity index (χ4n) is 3.03. The summed E-state index contributed by atoms with van der Waals surface area (Å²) in [6.45, 7) is 2.09. The molecule has 2 nitrogen and oxygen atoms in total. The number of nitrogens with two attached hydrogens (primary N) is 1. The fourth-order valence-corrected chi connectivity index (χ4v) is 4.36. The topological polar surface area (TPSA) is 29.3 Å². The zero-order chi connectivity index (χ0) is 13.1. The standard InChI is InChI=1S/C14H23ClN2S/c1-10(16)14(12-8-9-13(15)18-12)17(2)11-6-4-3-5-7-11/h8-11,14H,3-7,16H2,1-2H3. The lowest BCUT2D eigenvalue weighted by atomic mass is 9.92. The molecule has 1 aromatic heterocycles. The minimum Gasteiger partial charge on any atom is -0.326 e. The predicted octanol–water partition coefficient (Wildman–Crippen LogP) is 4.05. The first-order chi connectivity index (χ1) is 8.59. The highest BCUT2D eigenvalue weighted by atomic mass is 35.5. The van der Waals surface area contributed by atoms with Gasteiger partial charge in [0.05, 0.1) is 10.4 Å². The van der Waals surface area contributed by atoms with E-state index < -0.39 is 0 Å². The lowest BCUT2D eigenvalue weighted by Gasteiger charge is -2.38. The van der Waals surface area contributed by atoms with Crippen molar-refractivity contribution in [1.29, 1.82) is 0 Å². The summed E-state index contributed by atoms with van der Waals surface area (Å²) >= 11 is 7.72. The normalized spacial score (nSPS) is 21.2. The van der Waals surface area contributed by atoms with Gasteiger partial charge in [-0.1, -0.05) is 30.9 Å². The molecule has 1 saturated carbocycles. The summed E-state index contributed by atoms with van der Waals surface area (Å²) in [4.78, 5) is 3.77. The molecule has 1 fully saturated rings. The lowest BCUT2D eigenvalue weighted by molar-refractivity contribution is 0.125. The third-order valence-corrected chi connectivity index (χ3v) is 5.27. The van der Waals surface area contributed by atoms with E-state index in [1.807, 2.05) is 6.07 Å². The van der Waals surface area contributed by atoms with Crippen molar-refractivity contribution < 1.29 is 0 Å². The van der Waals surface area contributed by atoms with E-state index in [0.717, 1.165) is 4.34 Å². The first kappa shape index (κ1) is 14.3. The number of rotatable bonds is 4. The van der Waals surface area contributed by atoms with Crippen molar-refractivity contribution in [2.75, 3.05) is 7.05 Å². The monoisotopic (exact) mass is 286 g/mol. The fraction of sp³-hybridized carbons (Fsp3) is 0.714. The van der Waals surface area contributed by atoms with E-state index in [-0.39, 0.29) is 6.04 Å². The Labute approximate surface area is 119 Å². The molecule has 0 amide bonds. The van der Waals surface area contributed by atoms with Gasteiger partial charge in [0.15, 0.2) is 0 Å². The number of hydrogen-bond donors (Lipinski definition) is 1. The molecule has 1 heterocycles. The summed E-state index contributed by atoms with van der Waals surface area (Å²) in [5.74, 6) is 0. The molecule has 0 spiro atoms. The van der Waals surface area contributed by atoms with Gasteiger partial charge in [-0.15, -0.1) is 11.3 Å². The van der Waals surface area contributed by atoms with Gasteiger partial charge in [-0.2, -0.15) is 0 Å². The van der Waals surface area contributed by atoms with Gasteiger partial charge in [0, 0.05) is 17.0 Å². The van der Waals surface area contributed by atoms with E-state index in [2.05, 4.69) is 24.9 Å². The van der Waals surface area contributed by atoms with Gasteiger partial charge in [-0.05, 0) is 38.9 Å². The smallest absolute Gasteiger partial charge is 0.0931 e. The lowest BCUT2D eigenvalue weighted by Crippen LogP contribution is -2.43. The van der Waals surface area contributed by atoms with E-state index in [1.54, 1.807) is 11.3 Å². The number of nitrogens with zero attached hydrogens (tertiary/aromatic N) is 1. The Morgan fingerprint density at radius 3 is 2.50 bits per heavy atom. The van der Waals surface area contributed by atoms with E-state index in [1.165, 1.54) is 37.0 Å². The second kappa shape index (κ2) is 6.38. The highest BCUT2D eigenvalue weighted by Gasteiger charge is 2.28. The maximum Gasteiger partial charge on any atom is 0.0931 e. The van der Waals surface area contributed by atoms with Gasteiger partial charge < -0.3 is 5.73 Å². The van der Waals surface area contributed by atoms with E-state index in [4.69, 9.17) is 17.3 Å². The van der Waals surface area contributed by atoms with E-state index in [0.29, 0.717) is 12.1 Å². The Hall–Kier alpha value is -0.0900. The van der Waals surface area contributed by atoms with Crippen LogP contribution in [0.15, 0.2) is 12.1 Å². The van der Waals surface area contributed by atoms with Crippen LogP contribution in [-0.2, 0) is 0 Å². The zero-order valence-electron chi connectivity index (χ0n) is 11.2. The molecule has 2 unspecified atom stereocenters. The van der Waals surface area contributed by atoms with Gasteiger partial charge in [0.1, 0.15) is 0 Å². The van der Waals surface area contributed by atoms with Crippen LogP contribution in [0.1, 0.15) is 49.9 Å². The SMILES string of the molecule is CC(N)C(c1ccc(Cl)s1)N(C)C1CCCCC1. The number of likely N-dealkylation sites (N-methyl/N-ethyl adjacent to an activating group) is 1. The van der Waals surface area contributed by atoms with Gasteiger partial charge in [0.2, 0.25) is 0 Å². The molecule has 4 heteroatoms. The molecule has 2 atom stereocenters. The van der Waals surface area contributed by atoms with Gasteiger partial charge in [-0.25, -0.2) is 0 Å². The van der Waals surface area contributed by atoms with Crippen LogP contribution in [-0.4, -0.2) is 24.0 Å². The Kier molecular flexibility index (Phi) is 5.07. The van der Waals surface area contributed by atoms with Crippen molar-refractivity contribution in [3.8, 4) is 0 Å². The molecule has 1 aliphatic carbocycles. The van der Waals surface area contributed by atoms with Crippen molar-refractivity contribution in [2.45, 2.75) is 57.2 Å². The molecule has 0 radical (unpaired) electrons. The second-order valence-electron chi connectivity index (χ2n) is 5.40. The van der Waals surface area contributed by atoms with E-state index >= 15 is 0 Å². The highest BCUT2D eigenvalue weighted by Crippen LogP contribution is 2.35. The second-order valence-corrected chi connectivity index (χ2v) is 7.15. The van der Waals surface area contributed by atoms with Crippen molar-refractivity contribution in [3.63, 3.8) is 0 Å². The molecule has 0 saturated heterocycles. The molecule has 18 heavy (non-hydrogen) atoms. The first-order valence-corrected chi connectivity index (χ1v) is 8.02. The van der Waals surface area contributed by atoms with E-state index in [9.17, 15) is 0 Å². The van der Waals surface area contributed by atoms with Crippen molar-refractivity contribution in [1.82, 2.24) is 4.90 Å². The molecular formula is C14H23ClN2S. The van der Waals surface area contributed by atoms with Crippen LogP contribution in [0.25, 0.3) is 0 Å². The summed E-state index contributed by atoms with van der Waals surface area (Å²) < 4.78 is 0.854. The average Bonchev–Trinajstić information content (AvgIpc) is 2.76. The minimum absolute atomic E-state index is 0.131. The number of thiophene rings is 1. The first-order valence-electron chi connectivity index (χ1n) is 6.82.